The van der Waals surface area contributed by atoms with Crippen LogP contribution in [-0.4, -0.2) is 20.9 Å². The van der Waals surface area contributed by atoms with Crippen molar-refractivity contribution in [3.05, 3.63) is 32.6 Å². The van der Waals surface area contributed by atoms with Crippen LogP contribution < -0.4 is 5.32 Å². The maximum atomic E-state index is 11.7. The van der Waals surface area contributed by atoms with Crippen molar-refractivity contribution in [2.24, 2.45) is 0 Å². The van der Waals surface area contributed by atoms with Gasteiger partial charge in [0, 0.05) is 11.4 Å². The normalized spacial score (nSPS) is 10.3. The van der Waals surface area contributed by atoms with E-state index in [1.165, 1.54) is 17.4 Å². The van der Waals surface area contributed by atoms with E-state index in [0.717, 1.165) is 5.01 Å². The summed E-state index contributed by atoms with van der Waals surface area (Å²) in [6, 6.07) is 1.41. The molecule has 2 aromatic heterocycles. The largest absolute Gasteiger partial charge is 0.305 e. The van der Waals surface area contributed by atoms with Crippen LogP contribution in [0.4, 0.5) is 5.82 Å². The van der Waals surface area contributed by atoms with Gasteiger partial charge in [0.2, 0.25) is 5.28 Å². The fourth-order valence-corrected chi connectivity index (χ4v) is 2.10. The smallest absolute Gasteiger partial charge is 0.276 e. The molecule has 17 heavy (non-hydrogen) atoms. The van der Waals surface area contributed by atoms with Crippen molar-refractivity contribution in [3.63, 3.8) is 0 Å². The van der Waals surface area contributed by atoms with E-state index >= 15 is 0 Å². The number of nitrogens with one attached hydrogen (secondary N) is 1. The molecule has 2 aromatic rings. The third-order valence-corrected chi connectivity index (χ3v) is 2.90. The first-order valence-electron chi connectivity index (χ1n) is 4.48. The molecule has 0 aliphatic rings. The molecule has 0 bridgehead atoms. The molecule has 0 unspecified atom stereocenters. The predicted molar refractivity (Wildman–Crippen MR) is 66.9 cm³/mol. The number of nitrogens with zero attached hydrogens (tertiary/aromatic N) is 3. The second-order valence-corrected chi connectivity index (χ2v) is 4.84. The quantitative estimate of drug-likeness (QED) is 0.682. The van der Waals surface area contributed by atoms with Crippen LogP contribution >= 0.6 is 34.5 Å². The number of anilines is 1. The van der Waals surface area contributed by atoms with Crippen LogP contribution in [0, 0.1) is 6.92 Å². The summed E-state index contributed by atoms with van der Waals surface area (Å²) in [7, 11) is 0. The van der Waals surface area contributed by atoms with Crippen LogP contribution in [0.25, 0.3) is 0 Å². The Balaban J connectivity index is 2.18. The summed E-state index contributed by atoms with van der Waals surface area (Å²) in [5.74, 6) is -0.120. The minimum Gasteiger partial charge on any atom is -0.305 e. The van der Waals surface area contributed by atoms with E-state index in [-0.39, 0.29) is 22.2 Å². The lowest BCUT2D eigenvalue weighted by Crippen LogP contribution is -2.13. The van der Waals surface area contributed by atoms with Crippen molar-refractivity contribution in [1.29, 1.82) is 0 Å². The van der Waals surface area contributed by atoms with E-state index in [9.17, 15) is 4.79 Å². The van der Waals surface area contributed by atoms with Crippen LogP contribution in [-0.2, 0) is 0 Å². The number of hydrogen-bond acceptors (Lipinski definition) is 5. The molecule has 0 radical (unpaired) electrons. The summed E-state index contributed by atoms with van der Waals surface area (Å²) in [6.45, 7) is 1.82. The van der Waals surface area contributed by atoms with Crippen LogP contribution in [0.3, 0.4) is 0 Å². The zero-order valence-corrected chi connectivity index (χ0v) is 10.9. The molecule has 0 aliphatic heterocycles. The lowest BCUT2D eigenvalue weighted by atomic mass is 10.4. The molecule has 1 amide bonds. The third-order valence-electron chi connectivity index (χ3n) is 1.76. The monoisotopic (exact) mass is 288 g/mol. The van der Waals surface area contributed by atoms with Gasteiger partial charge in [0.1, 0.15) is 16.7 Å². The highest BCUT2D eigenvalue weighted by atomic mass is 35.5. The van der Waals surface area contributed by atoms with Gasteiger partial charge in [-0.3, -0.25) is 4.79 Å². The molecular weight excluding hydrogens is 283 g/mol. The van der Waals surface area contributed by atoms with Crippen LogP contribution in [0.5, 0.6) is 0 Å². The maximum absolute atomic E-state index is 11.7. The summed E-state index contributed by atoms with van der Waals surface area (Å²) in [5, 5.41) is 5.15. The average molecular weight is 289 g/mol. The summed E-state index contributed by atoms with van der Waals surface area (Å²) in [6.07, 6.45) is 0. The van der Waals surface area contributed by atoms with Gasteiger partial charge in [0.15, 0.2) is 0 Å². The molecule has 8 heteroatoms. The number of halogens is 2. The SMILES string of the molecule is Cc1nc(C(=O)Nc2cc(Cl)nc(Cl)n2)cs1. The first-order chi connectivity index (χ1) is 8.04. The van der Waals surface area contributed by atoms with Gasteiger partial charge in [-0.25, -0.2) is 15.0 Å². The number of aryl methyl sites for hydroxylation is 1. The van der Waals surface area contributed by atoms with Crippen molar-refractivity contribution in [2.45, 2.75) is 6.92 Å². The van der Waals surface area contributed by atoms with Gasteiger partial charge in [0.25, 0.3) is 5.91 Å². The number of aromatic nitrogens is 3. The molecule has 0 aliphatic carbocycles. The highest BCUT2D eigenvalue weighted by Gasteiger charge is 2.11. The summed E-state index contributed by atoms with van der Waals surface area (Å²) in [5.41, 5.74) is 0.332. The molecule has 1 N–H and O–H groups in total. The topological polar surface area (TPSA) is 67.8 Å². The molecule has 0 spiro atoms. The van der Waals surface area contributed by atoms with Gasteiger partial charge in [-0.05, 0) is 18.5 Å². The number of carbonyl (C=O) groups excluding carboxylic acids is 1. The first-order valence-corrected chi connectivity index (χ1v) is 6.12. The Labute approximate surface area is 111 Å². The van der Waals surface area contributed by atoms with E-state index in [1.54, 1.807) is 5.38 Å². The first kappa shape index (κ1) is 12.2. The van der Waals surface area contributed by atoms with Crippen molar-refractivity contribution < 1.29 is 4.79 Å². The van der Waals surface area contributed by atoms with Gasteiger partial charge in [-0.1, -0.05) is 11.6 Å². The molecule has 88 valence electrons. The second kappa shape index (κ2) is 4.95. The lowest BCUT2D eigenvalue weighted by Gasteiger charge is -2.02. The van der Waals surface area contributed by atoms with Gasteiger partial charge in [-0.2, -0.15) is 0 Å². The van der Waals surface area contributed by atoms with Gasteiger partial charge in [0.05, 0.1) is 5.01 Å². The Morgan fingerprint density at radius 1 is 1.35 bits per heavy atom. The lowest BCUT2D eigenvalue weighted by molar-refractivity contribution is 0.102. The van der Waals surface area contributed by atoms with Crippen molar-refractivity contribution in [3.8, 4) is 0 Å². The van der Waals surface area contributed by atoms with Crippen molar-refractivity contribution in [2.75, 3.05) is 5.32 Å². The molecule has 0 atom stereocenters. The van der Waals surface area contributed by atoms with Crippen molar-refractivity contribution in [1.82, 2.24) is 15.0 Å². The highest BCUT2D eigenvalue weighted by Crippen LogP contribution is 2.15. The molecule has 2 rings (SSSR count). The maximum Gasteiger partial charge on any atom is 0.276 e. The summed E-state index contributed by atoms with van der Waals surface area (Å²) in [4.78, 5) is 23.3. The zero-order valence-electron chi connectivity index (χ0n) is 8.57. The van der Waals surface area contributed by atoms with Crippen LogP contribution in [0.15, 0.2) is 11.4 Å². The molecular formula is C9H6Cl2N4OS. The van der Waals surface area contributed by atoms with Gasteiger partial charge < -0.3 is 5.32 Å². The average Bonchev–Trinajstić information content (AvgIpc) is 2.63. The number of thiazole rings is 1. The van der Waals surface area contributed by atoms with Crippen LogP contribution in [0.1, 0.15) is 15.5 Å². The summed E-state index contributed by atoms with van der Waals surface area (Å²) >= 11 is 12.7. The van der Waals surface area contributed by atoms with Crippen molar-refractivity contribution >= 4 is 46.3 Å². The van der Waals surface area contributed by atoms with E-state index < -0.39 is 0 Å². The molecule has 0 aromatic carbocycles. The Morgan fingerprint density at radius 2 is 2.12 bits per heavy atom. The van der Waals surface area contributed by atoms with E-state index in [2.05, 4.69) is 20.3 Å². The molecule has 0 saturated carbocycles. The van der Waals surface area contributed by atoms with E-state index in [4.69, 9.17) is 23.2 Å². The molecule has 2 heterocycles. The Bertz CT molecular complexity index is 552. The standard InChI is InChI=1S/C9H6Cl2N4OS/c1-4-12-5(3-17-4)8(16)14-7-2-6(10)13-9(11)15-7/h2-3H,1H3,(H,13,14,15,16). The summed E-state index contributed by atoms with van der Waals surface area (Å²) < 4.78 is 0. The third kappa shape index (κ3) is 3.12. The van der Waals surface area contributed by atoms with Gasteiger partial charge >= 0.3 is 0 Å². The zero-order chi connectivity index (χ0) is 12.4. The second-order valence-electron chi connectivity index (χ2n) is 3.05. The minimum atomic E-state index is -0.361. The Kier molecular flexibility index (Phi) is 3.56. The van der Waals surface area contributed by atoms with Gasteiger partial charge in [-0.15, -0.1) is 11.3 Å². The Hall–Kier alpha value is -1.24. The van der Waals surface area contributed by atoms with E-state index in [0.29, 0.717) is 5.69 Å². The molecule has 5 nitrogen and oxygen atoms in total. The van der Waals surface area contributed by atoms with E-state index in [1.807, 2.05) is 6.92 Å². The number of rotatable bonds is 2. The number of carbonyl (C=O) groups is 1. The Morgan fingerprint density at radius 3 is 2.71 bits per heavy atom. The molecule has 0 saturated heterocycles. The number of amides is 1. The predicted octanol–water partition coefficient (Wildman–Crippen LogP) is 2.80. The molecule has 0 fully saturated rings. The number of hydrogen-bond donors (Lipinski definition) is 1. The minimum absolute atomic E-state index is 0.0257. The fourth-order valence-electron chi connectivity index (χ4n) is 1.10. The fraction of sp³-hybridized carbons (Fsp3) is 0.111. The van der Waals surface area contributed by atoms with Crippen LogP contribution in [0.2, 0.25) is 10.4 Å². The highest BCUT2D eigenvalue weighted by molar-refractivity contribution is 7.09.